The first-order chi connectivity index (χ1) is 62.1. The minimum absolute atomic E-state index is 0.0357. The summed E-state index contributed by atoms with van der Waals surface area (Å²) in [4.78, 5) is 73.6. The zero-order chi connectivity index (χ0) is 88.2. The van der Waals surface area contributed by atoms with Crippen LogP contribution in [0.1, 0.15) is 94.5 Å². The number of rotatable bonds is 16. The number of carbonyl (C=O) groups excluding carboxylic acids is 3. The van der Waals surface area contributed by atoms with E-state index in [4.69, 9.17) is 86.6 Å². The SMILES string of the molecule is CC(C)(C)OC(=O)Nc1ccnc(Cl)c1C=O.Clc1nccc2nc(-c3ccc(C4OCCO4)cc3)c(-c3ccccc3)cc12.NN.NNc1nccc2nc(-c3ccc(C4OCCO4)cc3)c(-c3ccccc3)cc12.O=C(Cc1ccccc1)c1ccc(C2OCCO2)cc1.O=c1[nH]nc2c3cc(-c4ccccc4)c(-c4ccc(C5OCCO5)cc4)nc3ccn12. The first-order valence-electron chi connectivity index (χ1n) is 40.7. The van der Waals surface area contributed by atoms with Crippen molar-refractivity contribution in [1.82, 2.24) is 44.5 Å². The van der Waals surface area contributed by atoms with Gasteiger partial charge in [0, 0.05) is 109 Å². The number of aromatic nitrogens is 9. The van der Waals surface area contributed by atoms with Gasteiger partial charge in [-0.2, -0.15) is 5.10 Å². The molecule has 4 aliphatic heterocycles. The molecular weight excluding hydrogens is 1650 g/mol. The van der Waals surface area contributed by atoms with Crippen molar-refractivity contribution in [2.75, 3.05) is 63.6 Å². The maximum atomic E-state index is 12.2. The molecule has 29 heteroatoms. The van der Waals surface area contributed by atoms with Gasteiger partial charge < -0.3 is 48.1 Å². The third-order valence-electron chi connectivity index (χ3n) is 20.5. The van der Waals surface area contributed by atoms with Crippen molar-refractivity contribution in [3.63, 3.8) is 0 Å². The van der Waals surface area contributed by atoms with E-state index in [9.17, 15) is 19.2 Å². The number of nitrogen functional groups attached to an aromatic ring is 1. The number of anilines is 2. The van der Waals surface area contributed by atoms with Gasteiger partial charge in [-0.3, -0.25) is 26.6 Å². The highest BCUT2D eigenvalue weighted by Crippen LogP contribution is 2.41. The van der Waals surface area contributed by atoms with Gasteiger partial charge in [-0.15, -0.1) is 0 Å². The summed E-state index contributed by atoms with van der Waals surface area (Å²) in [5.74, 6) is 14.4. The molecular formula is C98H88Cl2N14O13. The van der Waals surface area contributed by atoms with Gasteiger partial charge in [0.15, 0.2) is 42.9 Å². The van der Waals surface area contributed by atoms with Crippen LogP contribution in [0.5, 0.6) is 0 Å². The summed E-state index contributed by atoms with van der Waals surface area (Å²) in [5.41, 5.74) is 22.8. The van der Waals surface area contributed by atoms with Gasteiger partial charge in [-0.05, 0) is 85.5 Å². The van der Waals surface area contributed by atoms with Crippen LogP contribution in [0.25, 0.3) is 106 Å². The summed E-state index contributed by atoms with van der Waals surface area (Å²) in [6.07, 6.45) is 5.62. The number of pyridine rings is 7. The average Bonchev–Trinajstić information content (AvgIpc) is 1.71. The Balaban J connectivity index is 0.000000124. The van der Waals surface area contributed by atoms with Crippen LogP contribution in [-0.4, -0.2) is 121 Å². The fraction of sp³-hybridized carbons (Fsp3) is 0.173. The highest BCUT2D eigenvalue weighted by Gasteiger charge is 2.26. The van der Waals surface area contributed by atoms with Crippen LogP contribution >= 0.6 is 23.2 Å². The van der Waals surface area contributed by atoms with Gasteiger partial charge in [0.25, 0.3) is 0 Å². The molecule has 1 amide bonds. The number of hydrazine groups is 2. The number of carbonyl (C=O) groups is 3. The number of benzene rings is 8. The highest BCUT2D eigenvalue weighted by molar-refractivity contribution is 6.34. The monoisotopic (exact) mass is 1740 g/mol. The normalized spacial score (nSPS) is 14.0. The number of hydrogen-bond acceptors (Lipinski definition) is 24. The van der Waals surface area contributed by atoms with Crippen LogP contribution in [0, 0.1) is 0 Å². The lowest BCUT2D eigenvalue weighted by atomic mass is 9.97. The van der Waals surface area contributed by atoms with Crippen LogP contribution in [0.4, 0.5) is 16.3 Å². The number of hydrogen-bond donors (Lipinski definition) is 6. The number of aromatic amines is 1. The van der Waals surface area contributed by atoms with Gasteiger partial charge in [-0.25, -0.2) is 54.8 Å². The Morgan fingerprint density at radius 1 is 0.472 bits per heavy atom. The van der Waals surface area contributed by atoms with Crippen LogP contribution < -0.4 is 34.0 Å². The lowest BCUT2D eigenvalue weighted by Gasteiger charge is -2.20. The fourth-order valence-electron chi connectivity index (χ4n) is 14.4. The third-order valence-corrected chi connectivity index (χ3v) is 21.1. The molecule has 4 saturated heterocycles. The van der Waals surface area contributed by atoms with E-state index in [1.165, 1.54) is 16.7 Å². The molecule has 27 nitrogen and oxygen atoms in total. The average molecular weight is 1740 g/mol. The van der Waals surface area contributed by atoms with E-state index >= 15 is 0 Å². The molecule has 12 heterocycles. The van der Waals surface area contributed by atoms with Gasteiger partial charge in [-0.1, -0.05) is 242 Å². The number of amides is 1. The van der Waals surface area contributed by atoms with E-state index in [0.717, 1.165) is 133 Å². The van der Waals surface area contributed by atoms with E-state index in [1.807, 2.05) is 176 Å². The van der Waals surface area contributed by atoms with Gasteiger partial charge >= 0.3 is 11.8 Å². The molecule has 0 aliphatic carbocycles. The second kappa shape index (κ2) is 41.9. The predicted molar refractivity (Wildman–Crippen MR) is 488 cm³/mol. The lowest BCUT2D eigenvalue weighted by molar-refractivity contribution is -0.0443. The minimum Gasteiger partial charge on any atom is -0.444 e. The second-order valence-corrected chi connectivity index (χ2v) is 30.7. The van der Waals surface area contributed by atoms with E-state index in [2.05, 4.69) is 126 Å². The Morgan fingerprint density at radius 3 is 1.28 bits per heavy atom. The van der Waals surface area contributed by atoms with E-state index < -0.39 is 11.7 Å². The lowest BCUT2D eigenvalue weighted by Crippen LogP contribution is -2.27. The third kappa shape index (κ3) is 21.7. The molecule has 0 bridgehead atoms. The highest BCUT2D eigenvalue weighted by atomic mass is 35.5. The first-order valence-corrected chi connectivity index (χ1v) is 41.4. The summed E-state index contributed by atoms with van der Waals surface area (Å²) in [6, 6.07) is 85.5. The largest absolute Gasteiger partial charge is 0.444 e. The number of nitrogens with one attached hydrogen (secondary N) is 3. The van der Waals surface area contributed by atoms with Crippen molar-refractivity contribution in [3.8, 4) is 67.2 Å². The van der Waals surface area contributed by atoms with Crippen molar-refractivity contribution in [3.05, 3.63) is 345 Å². The first kappa shape index (κ1) is 88.3. The van der Waals surface area contributed by atoms with Crippen molar-refractivity contribution >= 4 is 91.2 Å². The maximum Gasteiger partial charge on any atom is 0.412 e. The second-order valence-electron chi connectivity index (χ2n) is 29.9. The molecule has 8 aromatic carbocycles. The molecule has 127 heavy (non-hydrogen) atoms. The number of H-pyrrole nitrogens is 1. The Morgan fingerprint density at radius 2 is 0.850 bits per heavy atom. The number of nitrogens with zero attached hydrogens (tertiary/aromatic N) is 8. The summed E-state index contributed by atoms with van der Waals surface area (Å²) in [7, 11) is 0. The van der Waals surface area contributed by atoms with Gasteiger partial charge in [0.05, 0.1) is 97.7 Å². The van der Waals surface area contributed by atoms with Crippen molar-refractivity contribution in [1.29, 1.82) is 0 Å². The molecule has 0 saturated carbocycles. The minimum atomic E-state index is -0.650. The zero-order valence-electron chi connectivity index (χ0n) is 69.3. The smallest absolute Gasteiger partial charge is 0.412 e. The molecule has 9 N–H and O–H groups in total. The Hall–Kier alpha value is -13.6. The number of ketones is 1. The standard InChI is InChI=1S/C24H18N4O3.C23H17ClN2O2.C23H20N4O2.C17H16O3.C11H13ClN2O3.H4N2/c29-24-27-26-22-19-14-18(15-4-2-1-3-5-15)21(25-20(19)10-11-28(22)24)16-6-8-17(9-7-16)23-30-12-13-31-23;24-22-19-14-18(15-4-2-1-3-5-15)21(26-20(19)10-11-25-22)16-6-8-17(9-7-16)23-27-12-13-28-23;24-27-22-19-14-18(15-4-2-1-3-5-15)21(26-20(19)10-11-25-22)16-6-8-17(9-7-16)23-28-12-13-29-23;18-16(12-13-4-2-1-3-5-13)14-6-8-15(9-7-14)17-19-10-11-20-17;1-11(2,3)17-10(16)14-8-4-5-13-9(12)7(8)6-15;1-2/h1-11,14,23H,12-13H2,(H,27,29);1-11,14,23H,12-13H2;1-11,14,23H,12-13,24H2,(H,25,27);1-9,17H,10-12H2;4-6H,1-3H3,(H,13,14,16);1-2H2. The molecule has 0 radical (unpaired) electrons. The Bertz CT molecular complexity index is 6510. The summed E-state index contributed by atoms with van der Waals surface area (Å²) in [6.45, 7) is 10.2. The zero-order valence-corrected chi connectivity index (χ0v) is 70.8. The number of halogens is 2. The number of aldehydes is 1. The summed E-state index contributed by atoms with van der Waals surface area (Å²) >= 11 is 12.0. The molecule has 16 aromatic rings. The number of fused-ring (bicyclic) bond motifs is 5. The van der Waals surface area contributed by atoms with E-state index in [1.54, 1.807) is 39.4 Å². The number of nitrogens with two attached hydrogens (primary N) is 3. The summed E-state index contributed by atoms with van der Waals surface area (Å²) in [5, 5.41) is 12.2. The van der Waals surface area contributed by atoms with Crippen molar-refractivity contribution in [2.45, 2.75) is 58.0 Å². The topological polar surface area (TPSA) is 364 Å². The molecule has 20 rings (SSSR count). The van der Waals surface area contributed by atoms with E-state index in [0.29, 0.717) is 82.2 Å². The predicted octanol–water partition coefficient (Wildman–Crippen LogP) is 18.8. The molecule has 0 unspecified atom stereocenters. The Kier molecular flexibility index (Phi) is 29.1. The number of ether oxygens (including phenoxy) is 9. The number of Topliss-reactive ketones (excluding diaryl/α,β-unsaturated/α-hetero) is 1. The molecule has 8 aromatic heterocycles. The van der Waals surface area contributed by atoms with Crippen LogP contribution in [0.15, 0.2) is 290 Å². The van der Waals surface area contributed by atoms with Gasteiger partial charge in [0.2, 0.25) is 0 Å². The van der Waals surface area contributed by atoms with Gasteiger partial charge in [0.1, 0.15) is 21.7 Å². The van der Waals surface area contributed by atoms with E-state index in [-0.39, 0.29) is 53.0 Å². The van der Waals surface area contributed by atoms with Crippen LogP contribution in [-0.2, 0) is 49.1 Å². The maximum absolute atomic E-state index is 12.2. The van der Waals surface area contributed by atoms with Crippen LogP contribution in [0.3, 0.4) is 0 Å². The van der Waals surface area contributed by atoms with Crippen molar-refractivity contribution < 1.29 is 57.0 Å². The quantitative estimate of drug-likeness (QED) is 0.0172. The summed E-state index contributed by atoms with van der Waals surface area (Å²) < 4.78 is 51.0. The van der Waals surface area contributed by atoms with Crippen LogP contribution in [0.2, 0.25) is 10.3 Å². The van der Waals surface area contributed by atoms with Crippen molar-refractivity contribution in [2.24, 2.45) is 17.5 Å². The molecule has 0 spiro atoms. The molecule has 0 atom stereocenters. The fourth-order valence-corrected chi connectivity index (χ4v) is 14.9. The molecule has 4 aliphatic rings. The molecule has 642 valence electrons. The Labute approximate surface area is 740 Å². The molecule has 4 fully saturated rings.